The van der Waals surface area contributed by atoms with Crippen molar-refractivity contribution in [3.05, 3.63) is 12.8 Å². The van der Waals surface area contributed by atoms with Crippen molar-refractivity contribution < 1.29 is 22.1 Å². The van der Waals surface area contributed by atoms with Crippen LogP contribution in [0.3, 0.4) is 0 Å². The Bertz CT molecular complexity index is 193. The van der Waals surface area contributed by atoms with E-state index in [-0.39, 0.29) is 19.3 Å². The van der Waals surface area contributed by atoms with Crippen molar-refractivity contribution in [1.82, 2.24) is 0 Å². The van der Waals surface area contributed by atoms with Gasteiger partial charge in [-0.1, -0.05) is 6.58 Å². The minimum Gasteiger partial charge on any atom is -0.499 e. The molecule has 0 bridgehead atoms. The summed E-state index contributed by atoms with van der Waals surface area (Å²) in [6.07, 6.45) is 1.22. The molecule has 0 aliphatic heterocycles. The van der Waals surface area contributed by atoms with E-state index in [0.29, 0.717) is 6.61 Å². The van der Waals surface area contributed by atoms with E-state index in [4.69, 9.17) is 9.47 Å². The summed E-state index contributed by atoms with van der Waals surface area (Å²) in [5, 5.41) is 0. The van der Waals surface area contributed by atoms with Crippen LogP contribution in [0.15, 0.2) is 12.8 Å². The van der Waals surface area contributed by atoms with Gasteiger partial charge in [0, 0.05) is 0 Å². The first-order valence-corrected chi connectivity index (χ1v) is 4.87. The van der Waals surface area contributed by atoms with Crippen LogP contribution in [-0.4, -0.2) is 34.3 Å². The van der Waals surface area contributed by atoms with Gasteiger partial charge in [0.2, 0.25) is 0 Å². The van der Waals surface area contributed by atoms with Gasteiger partial charge < -0.3 is 9.47 Å². The zero-order valence-electron chi connectivity index (χ0n) is 7.47. The molecule has 0 heterocycles. The van der Waals surface area contributed by atoms with Gasteiger partial charge in [0.15, 0.2) is 0 Å². The van der Waals surface area contributed by atoms with Crippen molar-refractivity contribution in [1.29, 1.82) is 0 Å². The quantitative estimate of drug-likeness (QED) is 0.349. The third kappa shape index (κ3) is 9.32. The van der Waals surface area contributed by atoms with E-state index in [1.807, 2.05) is 0 Å². The van der Waals surface area contributed by atoms with Gasteiger partial charge >= 0.3 is 0 Å². The van der Waals surface area contributed by atoms with Crippen molar-refractivity contribution in [3.8, 4) is 0 Å². The molecule has 0 N–H and O–H groups in total. The zero-order chi connectivity index (χ0) is 10.1. The Balaban J connectivity index is 3.25. The second-order valence-corrected chi connectivity index (χ2v) is 2.94. The fraction of sp³-hybridized carbons (Fsp3) is 0.714. The van der Waals surface area contributed by atoms with Gasteiger partial charge in [0.1, 0.15) is 6.61 Å². The van der Waals surface area contributed by atoms with E-state index in [2.05, 4.69) is 10.8 Å². The van der Waals surface area contributed by atoms with E-state index >= 15 is 0 Å². The lowest BCUT2D eigenvalue weighted by molar-refractivity contribution is 0.00832. The molecule has 0 amide bonds. The Kier molecular flexibility index (Phi) is 7.66. The molecular weight excluding hydrogens is 196 g/mol. The Labute approximate surface area is 79.4 Å². The Morgan fingerprint density at radius 1 is 1.46 bits per heavy atom. The lowest BCUT2D eigenvalue weighted by atomic mass is 10.4. The Morgan fingerprint density at radius 3 is 2.69 bits per heavy atom. The highest BCUT2D eigenvalue weighted by Crippen LogP contribution is 1.92. The van der Waals surface area contributed by atoms with Crippen LogP contribution in [0.5, 0.6) is 0 Å². The van der Waals surface area contributed by atoms with Crippen LogP contribution in [0, 0.1) is 0 Å². The molecule has 6 heteroatoms. The van der Waals surface area contributed by atoms with Gasteiger partial charge in [-0.15, -0.1) is 0 Å². The molecule has 0 rings (SSSR count). The van der Waals surface area contributed by atoms with Gasteiger partial charge in [-0.2, -0.15) is 0 Å². The number of hydrogen-bond donors (Lipinski definition) is 1. The normalized spacial score (nSPS) is 12.8. The van der Waals surface area contributed by atoms with Crippen molar-refractivity contribution >= 4 is 11.0 Å². The molecule has 0 saturated carbocycles. The smallest absolute Gasteiger partial charge is 0.257 e. The molecule has 0 saturated heterocycles. The molecule has 0 aliphatic carbocycles. The predicted octanol–water partition coefficient (Wildman–Crippen LogP) is 0.0946. The van der Waals surface area contributed by atoms with Crippen LogP contribution in [0.25, 0.3) is 0 Å². The largest absolute Gasteiger partial charge is 0.499 e. The number of hydrogen-bond acceptors (Lipinski definition) is 5. The third-order valence-corrected chi connectivity index (χ3v) is 1.52. The lowest BCUT2D eigenvalue weighted by Gasteiger charge is -2.11. The second kappa shape index (κ2) is 8.03. The van der Waals surface area contributed by atoms with Gasteiger partial charge in [0.25, 0.3) is 11.0 Å². The monoisotopic (exact) mass is 210 g/mol. The average molecular weight is 210 g/mol. The number of ether oxygens (including phenoxy) is 2. The third-order valence-electron chi connectivity index (χ3n) is 1.13. The summed E-state index contributed by atoms with van der Waals surface area (Å²) < 4.78 is 34.1. The lowest BCUT2D eigenvalue weighted by Crippen LogP contribution is -2.17. The highest BCUT2D eigenvalue weighted by atomic mass is 32.2. The zero-order valence-corrected chi connectivity index (χ0v) is 8.37. The maximum absolute atomic E-state index is 9.94. The van der Waals surface area contributed by atoms with Crippen molar-refractivity contribution in [2.45, 2.75) is 13.0 Å². The standard InChI is InChI=1S/C7H14O5S/c1-3-10-6-7(2)11-4-5-12-13(8)9/h3,7,13H,1,4-6H2,2H3. The van der Waals surface area contributed by atoms with Gasteiger partial charge in [-0.25, -0.2) is 8.42 Å². The molecule has 13 heavy (non-hydrogen) atoms. The first kappa shape index (κ1) is 12.4. The van der Waals surface area contributed by atoms with Crippen LogP contribution in [0.2, 0.25) is 0 Å². The van der Waals surface area contributed by atoms with Crippen LogP contribution in [-0.2, 0) is 24.6 Å². The second-order valence-electron chi connectivity index (χ2n) is 2.24. The molecular formula is C7H14O5S. The van der Waals surface area contributed by atoms with E-state index in [1.54, 1.807) is 6.92 Å². The topological polar surface area (TPSA) is 61.8 Å². The molecule has 1 atom stereocenters. The summed E-state index contributed by atoms with van der Waals surface area (Å²) in [6.45, 7) is 5.84. The molecule has 0 radical (unpaired) electrons. The van der Waals surface area contributed by atoms with Crippen molar-refractivity contribution in [2.75, 3.05) is 19.8 Å². The SMILES string of the molecule is C=COCC(C)OCCO[SH](=O)=O. The van der Waals surface area contributed by atoms with Crippen LogP contribution >= 0.6 is 0 Å². The Hall–Kier alpha value is -0.590. The number of rotatable bonds is 8. The van der Waals surface area contributed by atoms with Gasteiger partial charge in [-0.05, 0) is 6.92 Å². The van der Waals surface area contributed by atoms with E-state index in [1.165, 1.54) is 6.26 Å². The molecule has 5 nitrogen and oxygen atoms in total. The first-order valence-electron chi connectivity index (χ1n) is 3.78. The summed E-state index contributed by atoms with van der Waals surface area (Å²) in [5.41, 5.74) is 0. The minimum absolute atomic E-state index is 0.0388. The summed E-state index contributed by atoms with van der Waals surface area (Å²) in [4.78, 5) is 0. The summed E-state index contributed by atoms with van der Waals surface area (Å²) in [7, 11) is -2.77. The molecule has 1 unspecified atom stereocenters. The van der Waals surface area contributed by atoms with E-state index < -0.39 is 11.0 Å². The van der Waals surface area contributed by atoms with Crippen LogP contribution < -0.4 is 0 Å². The van der Waals surface area contributed by atoms with E-state index in [9.17, 15) is 8.42 Å². The Morgan fingerprint density at radius 2 is 2.15 bits per heavy atom. The highest BCUT2D eigenvalue weighted by molar-refractivity contribution is 7.67. The molecule has 0 fully saturated rings. The fourth-order valence-corrected chi connectivity index (χ4v) is 0.836. The van der Waals surface area contributed by atoms with Gasteiger partial charge in [-0.3, -0.25) is 4.18 Å². The summed E-state index contributed by atoms with van der Waals surface area (Å²) in [5.74, 6) is 0. The highest BCUT2D eigenvalue weighted by Gasteiger charge is 2.00. The fourth-order valence-electron chi connectivity index (χ4n) is 0.613. The first-order chi connectivity index (χ1) is 6.16. The summed E-state index contributed by atoms with van der Waals surface area (Å²) in [6, 6.07) is 0. The molecule has 0 aromatic carbocycles. The predicted molar refractivity (Wildman–Crippen MR) is 47.8 cm³/mol. The molecule has 0 aliphatic rings. The maximum atomic E-state index is 9.94. The van der Waals surface area contributed by atoms with Gasteiger partial charge in [0.05, 0.1) is 25.6 Å². The molecule has 0 aromatic rings. The maximum Gasteiger partial charge on any atom is 0.257 e. The molecule has 0 aromatic heterocycles. The van der Waals surface area contributed by atoms with Crippen molar-refractivity contribution in [2.24, 2.45) is 0 Å². The number of thiol groups is 1. The molecule has 0 spiro atoms. The van der Waals surface area contributed by atoms with Crippen molar-refractivity contribution in [3.63, 3.8) is 0 Å². The summed E-state index contributed by atoms with van der Waals surface area (Å²) >= 11 is 0. The van der Waals surface area contributed by atoms with E-state index in [0.717, 1.165) is 0 Å². The minimum atomic E-state index is -2.77. The molecule has 78 valence electrons. The van der Waals surface area contributed by atoms with Crippen LogP contribution in [0.1, 0.15) is 6.92 Å². The van der Waals surface area contributed by atoms with Crippen LogP contribution in [0.4, 0.5) is 0 Å². The average Bonchev–Trinajstić information content (AvgIpc) is 2.08.